The average Bonchev–Trinajstić information content (AvgIpc) is 2.70. The number of pyridine rings is 3. The van der Waals surface area contributed by atoms with E-state index >= 15 is 0 Å². The van der Waals surface area contributed by atoms with Crippen molar-refractivity contribution in [1.29, 1.82) is 0 Å². The minimum atomic E-state index is 0.295. The van der Waals surface area contributed by atoms with Crippen LogP contribution in [0.5, 0.6) is 0 Å². The van der Waals surface area contributed by atoms with Crippen LogP contribution < -0.4 is 0 Å². The number of hydrogen-bond acceptors (Lipinski definition) is 4. The lowest BCUT2D eigenvalue weighted by atomic mass is 9.91. The van der Waals surface area contributed by atoms with Crippen molar-refractivity contribution in [2.45, 2.75) is 37.9 Å². The van der Waals surface area contributed by atoms with Crippen LogP contribution in [0.1, 0.15) is 48.4 Å². The topological polar surface area (TPSA) is 41.9 Å². The van der Waals surface area contributed by atoms with Gasteiger partial charge in [0, 0.05) is 25.1 Å². The first-order chi connectivity index (χ1) is 12.4. The van der Waals surface area contributed by atoms with Crippen molar-refractivity contribution in [2.75, 3.05) is 0 Å². The highest BCUT2D eigenvalue weighted by atomic mass is 15.2. The van der Waals surface area contributed by atoms with Gasteiger partial charge < -0.3 is 0 Å². The number of likely N-dealkylation sites (tertiary alicyclic amines) is 1. The summed E-state index contributed by atoms with van der Waals surface area (Å²) < 4.78 is 0. The Morgan fingerprint density at radius 3 is 1.76 bits per heavy atom. The standard InChI is InChI=1S/C21H22N4/c1-4-13-22-17(8-1)16-25-20(18-9-2-5-14-23-18)11-7-12-21(25)19-10-3-6-15-24-19/h1-6,8-10,13-15,20-21H,7,11-12,16H2/t20-,21+. The number of nitrogens with zero attached hydrogens (tertiary/aromatic N) is 4. The van der Waals surface area contributed by atoms with E-state index in [1.807, 2.05) is 36.8 Å². The molecule has 4 heterocycles. The van der Waals surface area contributed by atoms with Gasteiger partial charge in [0.25, 0.3) is 0 Å². The number of hydrogen-bond donors (Lipinski definition) is 0. The molecule has 3 aromatic rings. The van der Waals surface area contributed by atoms with Gasteiger partial charge >= 0.3 is 0 Å². The zero-order valence-corrected chi connectivity index (χ0v) is 14.2. The first kappa shape index (κ1) is 15.9. The molecule has 0 unspecified atom stereocenters. The Bertz CT molecular complexity index is 729. The number of aromatic nitrogens is 3. The van der Waals surface area contributed by atoms with Gasteiger partial charge in [-0.15, -0.1) is 0 Å². The van der Waals surface area contributed by atoms with E-state index in [-0.39, 0.29) is 0 Å². The second kappa shape index (κ2) is 7.53. The van der Waals surface area contributed by atoms with Crippen LogP contribution in [0.3, 0.4) is 0 Å². The van der Waals surface area contributed by atoms with Gasteiger partial charge in [-0.2, -0.15) is 0 Å². The second-order valence-corrected chi connectivity index (χ2v) is 6.47. The van der Waals surface area contributed by atoms with Crippen LogP contribution in [0, 0.1) is 0 Å². The highest BCUT2D eigenvalue weighted by Crippen LogP contribution is 2.41. The van der Waals surface area contributed by atoms with Gasteiger partial charge in [-0.05, 0) is 55.7 Å². The van der Waals surface area contributed by atoms with Crippen LogP contribution in [-0.2, 0) is 6.54 Å². The first-order valence-electron chi connectivity index (χ1n) is 8.89. The van der Waals surface area contributed by atoms with Crippen LogP contribution in [0.25, 0.3) is 0 Å². The molecule has 1 saturated heterocycles. The van der Waals surface area contributed by atoms with Gasteiger partial charge in [-0.25, -0.2) is 0 Å². The summed E-state index contributed by atoms with van der Waals surface area (Å²) >= 11 is 0. The fraction of sp³-hybridized carbons (Fsp3) is 0.286. The monoisotopic (exact) mass is 330 g/mol. The fourth-order valence-corrected chi connectivity index (χ4v) is 3.73. The van der Waals surface area contributed by atoms with E-state index in [2.05, 4.69) is 56.3 Å². The largest absolute Gasteiger partial charge is 0.280 e. The summed E-state index contributed by atoms with van der Waals surface area (Å²) in [6, 6.07) is 19.1. The SMILES string of the molecule is c1ccc(CN2[C@@H](c3ccccn3)CCC[C@H]2c2ccccn2)nc1. The Balaban J connectivity index is 1.70. The summed E-state index contributed by atoms with van der Waals surface area (Å²) in [6.07, 6.45) is 9.06. The van der Waals surface area contributed by atoms with Crippen LogP contribution >= 0.6 is 0 Å². The quantitative estimate of drug-likeness (QED) is 0.713. The summed E-state index contributed by atoms with van der Waals surface area (Å²) in [7, 11) is 0. The second-order valence-electron chi connectivity index (χ2n) is 6.47. The molecule has 126 valence electrons. The highest BCUT2D eigenvalue weighted by molar-refractivity contribution is 5.16. The Labute approximate surface area is 148 Å². The Morgan fingerprint density at radius 2 is 1.28 bits per heavy atom. The molecular weight excluding hydrogens is 308 g/mol. The normalized spacial score (nSPS) is 21.1. The highest BCUT2D eigenvalue weighted by Gasteiger charge is 2.34. The van der Waals surface area contributed by atoms with E-state index in [1.54, 1.807) is 0 Å². The van der Waals surface area contributed by atoms with Crippen LogP contribution in [0.2, 0.25) is 0 Å². The molecule has 0 saturated carbocycles. The zero-order valence-electron chi connectivity index (χ0n) is 14.2. The summed E-state index contributed by atoms with van der Waals surface area (Å²) in [5.74, 6) is 0. The lowest BCUT2D eigenvalue weighted by Crippen LogP contribution is -2.37. The van der Waals surface area contributed by atoms with Crippen LogP contribution in [0.4, 0.5) is 0 Å². The van der Waals surface area contributed by atoms with Crippen LogP contribution in [-0.4, -0.2) is 19.9 Å². The van der Waals surface area contributed by atoms with E-state index in [1.165, 1.54) is 6.42 Å². The number of piperidine rings is 1. The molecule has 4 rings (SSSR count). The maximum Gasteiger partial charge on any atom is 0.0575 e. The molecule has 3 aromatic heterocycles. The van der Waals surface area contributed by atoms with Gasteiger partial charge in [-0.1, -0.05) is 18.2 Å². The third-order valence-corrected chi connectivity index (χ3v) is 4.88. The third-order valence-electron chi connectivity index (χ3n) is 4.88. The van der Waals surface area contributed by atoms with Gasteiger partial charge in [0.2, 0.25) is 0 Å². The molecule has 0 N–H and O–H groups in total. The van der Waals surface area contributed by atoms with E-state index in [0.29, 0.717) is 12.1 Å². The molecule has 0 amide bonds. The maximum absolute atomic E-state index is 4.64. The van der Waals surface area contributed by atoms with E-state index in [0.717, 1.165) is 36.5 Å². The number of rotatable bonds is 4. The lowest BCUT2D eigenvalue weighted by molar-refractivity contribution is 0.0673. The first-order valence-corrected chi connectivity index (χ1v) is 8.89. The summed E-state index contributed by atoms with van der Waals surface area (Å²) in [4.78, 5) is 16.4. The molecule has 1 aliphatic rings. The molecule has 25 heavy (non-hydrogen) atoms. The average molecular weight is 330 g/mol. The molecule has 4 heteroatoms. The Hall–Kier alpha value is -2.59. The maximum atomic E-state index is 4.64. The summed E-state index contributed by atoms with van der Waals surface area (Å²) in [5.41, 5.74) is 3.37. The zero-order chi connectivity index (χ0) is 16.9. The smallest absolute Gasteiger partial charge is 0.0575 e. The van der Waals surface area contributed by atoms with E-state index in [9.17, 15) is 0 Å². The Kier molecular flexibility index (Phi) is 4.79. The molecule has 0 bridgehead atoms. The molecule has 2 atom stereocenters. The molecule has 0 aliphatic carbocycles. The molecular formula is C21H22N4. The van der Waals surface area contributed by atoms with Crippen molar-refractivity contribution in [2.24, 2.45) is 0 Å². The van der Waals surface area contributed by atoms with Crippen molar-refractivity contribution in [3.63, 3.8) is 0 Å². The van der Waals surface area contributed by atoms with Crippen molar-refractivity contribution < 1.29 is 0 Å². The predicted octanol–water partition coefficient (Wildman–Crippen LogP) is 4.34. The molecule has 0 aromatic carbocycles. The van der Waals surface area contributed by atoms with Crippen molar-refractivity contribution in [3.8, 4) is 0 Å². The fourth-order valence-electron chi connectivity index (χ4n) is 3.73. The van der Waals surface area contributed by atoms with Crippen LogP contribution in [0.15, 0.2) is 73.2 Å². The molecule has 4 nitrogen and oxygen atoms in total. The Morgan fingerprint density at radius 1 is 0.720 bits per heavy atom. The van der Waals surface area contributed by atoms with Gasteiger partial charge in [-0.3, -0.25) is 19.9 Å². The minimum Gasteiger partial charge on any atom is -0.280 e. The van der Waals surface area contributed by atoms with Crippen molar-refractivity contribution in [3.05, 3.63) is 90.3 Å². The summed E-state index contributed by atoms with van der Waals surface area (Å²) in [6.45, 7) is 0.809. The van der Waals surface area contributed by atoms with Gasteiger partial charge in [0.05, 0.1) is 29.2 Å². The van der Waals surface area contributed by atoms with Gasteiger partial charge in [0.1, 0.15) is 0 Å². The van der Waals surface area contributed by atoms with Crippen molar-refractivity contribution in [1.82, 2.24) is 19.9 Å². The lowest BCUT2D eigenvalue weighted by Gasteiger charge is -2.41. The molecule has 1 aliphatic heterocycles. The molecule has 1 fully saturated rings. The van der Waals surface area contributed by atoms with E-state index < -0.39 is 0 Å². The van der Waals surface area contributed by atoms with Crippen molar-refractivity contribution >= 4 is 0 Å². The molecule has 0 spiro atoms. The van der Waals surface area contributed by atoms with E-state index in [4.69, 9.17) is 0 Å². The molecule has 0 radical (unpaired) electrons. The van der Waals surface area contributed by atoms with Gasteiger partial charge in [0.15, 0.2) is 0 Å². The predicted molar refractivity (Wildman–Crippen MR) is 97.6 cm³/mol. The minimum absolute atomic E-state index is 0.295. The summed E-state index contributed by atoms with van der Waals surface area (Å²) in [5, 5.41) is 0. The third kappa shape index (κ3) is 3.59.